The van der Waals surface area contributed by atoms with Crippen molar-refractivity contribution in [3.05, 3.63) is 28.0 Å². The Labute approximate surface area is 112 Å². The first-order chi connectivity index (χ1) is 8.79. The van der Waals surface area contributed by atoms with Crippen molar-refractivity contribution in [1.29, 1.82) is 0 Å². The highest BCUT2D eigenvalue weighted by molar-refractivity contribution is 9.08. The fraction of sp³-hybridized carbons (Fsp3) is 0.417. The topological polar surface area (TPSA) is 61.1 Å². The summed E-state index contributed by atoms with van der Waals surface area (Å²) in [6.45, 7) is 3.04. The second-order valence-electron chi connectivity index (χ2n) is 4.32. The molecule has 0 spiro atoms. The number of anilines is 1. The number of aromatic amines is 2. The van der Waals surface area contributed by atoms with Crippen LogP contribution in [0.15, 0.2) is 17.1 Å². The van der Waals surface area contributed by atoms with Gasteiger partial charge in [-0.3, -0.25) is 4.79 Å². The third-order valence-corrected chi connectivity index (χ3v) is 3.83. The maximum Gasteiger partial charge on any atom is 0.207 e. The molecule has 0 saturated carbocycles. The van der Waals surface area contributed by atoms with Gasteiger partial charge in [-0.15, -0.1) is 0 Å². The van der Waals surface area contributed by atoms with Gasteiger partial charge in [0.1, 0.15) is 11.3 Å². The minimum Gasteiger partial charge on any atom is -0.378 e. The van der Waals surface area contributed by atoms with Crippen LogP contribution in [0.25, 0.3) is 11.0 Å². The Bertz CT molecular complexity index is 613. The molecule has 2 N–H and O–H groups in total. The minimum atomic E-state index is 0.0254. The third kappa shape index (κ3) is 1.95. The van der Waals surface area contributed by atoms with Crippen molar-refractivity contribution in [2.45, 2.75) is 5.33 Å². The van der Waals surface area contributed by atoms with E-state index in [1.54, 1.807) is 6.07 Å². The Morgan fingerprint density at radius 1 is 1.33 bits per heavy atom. The van der Waals surface area contributed by atoms with Gasteiger partial charge in [0, 0.05) is 36.2 Å². The summed E-state index contributed by atoms with van der Waals surface area (Å²) in [4.78, 5) is 20.6. The second kappa shape index (κ2) is 4.78. The fourth-order valence-corrected chi connectivity index (χ4v) is 2.68. The molecule has 2 aromatic heterocycles. The van der Waals surface area contributed by atoms with Gasteiger partial charge in [0.25, 0.3) is 0 Å². The fourth-order valence-electron chi connectivity index (χ4n) is 2.24. The van der Waals surface area contributed by atoms with Gasteiger partial charge in [-0.1, -0.05) is 15.9 Å². The lowest BCUT2D eigenvalue weighted by molar-refractivity contribution is 0.122. The molecule has 1 saturated heterocycles. The normalized spacial score (nSPS) is 16.4. The number of rotatable bonds is 2. The summed E-state index contributed by atoms with van der Waals surface area (Å²) in [5.74, 6) is 0.873. The van der Waals surface area contributed by atoms with E-state index in [0.29, 0.717) is 18.7 Å². The van der Waals surface area contributed by atoms with Crippen LogP contribution in [0.3, 0.4) is 0 Å². The molecule has 0 bridgehead atoms. The predicted molar refractivity (Wildman–Crippen MR) is 74.6 cm³/mol. The van der Waals surface area contributed by atoms with Crippen LogP contribution in [-0.4, -0.2) is 36.3 Å². The van der Waals surface area contributed by atoms with E-state index in [0.717, 1.165) is 35.3 Å². The van der Waals surface area contributed by atoms with Crippen molar-refractivity contribution in [2.75, 3.05) is 31.2 Å². The molecular formula is C12H14BrN3O2. The van der Waals surface area contributed by atoms with Crippen molar-refractivity contribution >= 4 is 32.8 Å². The van der Waals surface area contributed by atoms with E-state index in [1.165, 1.54) is 0 Å². The van der Waals surface area contributed by atoms with E-state index in [1.807, 2.05) is 6.20 Å². The molecule has 0 aliphatic carbocycles. The molecule has 0 atom stereocenters. The van der Waals surface area contributed by atoms with Gasteiger partial charge in [-0.05, 0) is 0 Å². The Morgan fingerprint density at radius 3 is 2.83 bits per heavy atom. The molecule has 96 valence electrons. The highest BCUT2D eigenvalue weighted by Crippen LogP contribution is 2.20. The maximum absolute atomic E-state index is 12.0. The second-order valence-corrected chi connectivity index (χ2v) is 4.88. The molecular weight excluding hydrogens is 298 g/mol. The molecule has 0 radical (unpaired) electrons. The summed E-state index contributed by atoms with van der Waals surface area (Å²) in [6, 6.07) is 1.65. The zero-order valence-corrected chi connectivity index (χ0v) is 11.4. The Balaban J connectivity index is 2.09. The van der Waals surface area contributed by atoms with Crippen molar-refractivity contribution in [1.82, 2.24) is 9.97 Å². The van der Waals surface area contributed by atoms with E-state index < -0.39 is 0 Å². The van der Waals surface area contributed by atoms with Gasteiger partial charge in [0.05, 0.1) is 18.7 Å². The van der Waals surface area contributed by atoms with Gasteiger partial charge >= 0.3 is 0 Å². The zero-order chi connectivity index (χ0) is 12.5. The number of hydrogen-bond acceptors (Lipinski definition) is 3. The summed E-state index contributed by atoms with van der Waals surface area (Å²) >= 11 is 3.43. The number of alkyl halides is 1. The average Bonchev–Trinajstić information content (AvgIpc) is 2.83. The van der Waals surface area contributed by atoms with Gasteiger partial charge in [0.2, 0.25) is 5.43 Å². The number of fused-ring (bicyclic) bond motifs is 1. The maximum atomic E-state index is 12.0. The predicted octanol–water partition coefficient (Wildman–Crippen LogP) is 1.59. The third-order valence-electron chi connectivity index (χ3n) is 3.22. The number of pyridine rings is 1. The van der Waals surface area contributed by atoms with Crippen LogP contribution in [-0.2, 0) is 10.1 Å². The quantitative estimate of drug-likeness (QED) is 0.828. The molecule has 5 nitrogen and oxygen atoms in total. The van der Waals surface area contributed by atoms with Crippen LogP contribution >= 0.6 is 15.9 Å². The lowest BCUT2D eigenvalue weighted by Gasteiger charge is -2.28. The monoisotopic (exact) mass is 311 g/mol. The number of nitrogens with one attached hydrogen (secondary N) is 2. The summed E-state index contributed by atoms with van der Waals surface area (Å²) in [5.41, 5.74) is 2.62. The molecule has 3 rings (SSSR count). The summed E-state index contributed by atoms with van der Waals surface area (Å²) < 4.78 is 5.32. The van der Waals surface area contributed by atoms with Crippen molar-refractivity contribution in [3.63, 3.8) is 0 Å². The largest absolute Gasteiger partial charge is 0.378 e. The van der Waals surface area contributed by atoms with Crippen LogP contribution < -0.4 is 10.3 Å². The van der Waals surface area contributed by atoms with Crippen LogP contribution in [0, 0.1) is 0 Å². The van der Waals surface area contributed by atoms with Gasteiger partial charge in [-0.25, -0.2) is 0 Å². The summed E-state index contributed by atoms with van der Waals surface area (Å²) in [7, 11) is 0. The Hall–Kier alpha value is -1.27. The molecule has 1 aliphatic rings. The first kappa shape index (κ1) is 11.8. The van der Waals surface area contributed by atoms with Crippen molar-refractivity contribution in [2.24, 2.45) is 0 Å². The molecule has 0 aromatic carbocycles. The van der Waals surface area contributed by atoms with Gasteiger partial charge < -0.3 is 19.6 Å². The van der Waals surface area contributed by atoms with Crippen LogP contribution in [0.4, 0.5) is 5.82 Å². The number of halogens is 1. The highest BCUT2D eigenvalue weighted by Gasteiger charge is 2.15. The number of hydrogen-bond donors (Lipinski definition) is 2. The molecule has 2 aromatic rings. The van der Waals surface area contributed by atoms with Crippen molar-refractivity contribution in [3.8, 4) is 0 Å². The molecule has 3 heterocycles. The van der Waals surface area contributed by atoms with Gasteiger partial charge in [0.15, 0.2) is 0 Å². The van der Waals surface area contributed by atoms with Crippen molar-refractivity contribution < 1.29 is 4.74 Å². The number of H-pyrrole nitrogens is 2. The van der Waals surface area contributed by atoms with E-state index in [9.17, 15) is 4.79 Å². The van der Waals surface area contributed by atoms with E-state index in [-0.39, 0.29) is 5.43 Å². The molecule has 1 aliphatic heterocycles. The molecule has 0 unspecified atom stereocenters. The molecule has 0 amide bonds. The molecule has 18 heavy (non-hydrogen) atoms. The van der Waals surface area contributed by atoms with E-state index in [2.05, 4.69) is 30.8 Å². The standard InChI is InChI=1S/C12H14BrN3O2/c13-6-8-7-14-12-9(17)5-10(15-11(8)12)16-1-3-18-4-2-16/h5,7,14H,1-4,6H2,(H,15,17). The van der Waals surface area contributed by atoms with Gasteiger partial charge in [-0.2, -0.15) is 0 Å². The number of ether oxygens (including phenoxy) is 1. The van der Waals surface area contributed by atoms with E-state index in [4.69, 9.17) is 4.74 Å². The Morgan fingerprint density at radius 2 is 2.11 bits per heavy atom. The lowest BCUT2D eigenvalue weighted by atomic mass is 10.2. The number of nitrogens with zero attached hydrogens (tertiary/aromatic N) is 1. The molecule has 1 fully saturated rings. The van der Waals surface area contributed by atoms with Crippen LogP contribution in [0.1, 0.15) is 5.56 Å². The average molecular weight is 312 g/mol. The number of aromatic nitrogens is 2. The molecule has 6 heteroatoms. The first-order valence-corrected chi connectivity index (χ1v) is 7.03. The van der Waals surface area contributed by atoms with Crippen LogP contribution in [0.5, 0.6) is 0 Å². The minimum absolute atomic E-state index is 0.0254. The van der Waals surface area contributed by atoms with Crippen LogP contribution in [0.2, 0.25) is 0 Å². The van der Waals surface area contributed by atoms with E-state index >= 15 is 0 Å². The highest BCUT2D eigenvalue weighted by atomic mass is 79.9. The smallest absolute Gasteiger partial charge is 0.207 e. The SMILES string of the molecule is O=c1cc(N2CCOCC2)[nH]c2c(CBr)c[nH]c12. The summed E-state index contributed by atoms with van der Waals surface area (Å²) in [5, 5.41) is 0.718. The lowest BCUT2D eigenvalue weighted by Crippen LogP contribution is -2.37. The number of morpholine rings is 1. The first-order valence-electron chi connectivity index (χ1n) is 5.91. The zero-order valence-electron chi connectivity index (χ0n) is 9.83. The summed E-state index contributed by atoms with van der Waals surface area (Å²) in [6.07, 6.45) is 1.86. The Kier molecular flexibility index (Phi) is 3.13.